The van der Waals surface area contributed by atoms with E-state index in [1.807, 2.05) is 30.0 Å². The van der Waals surface area contributed by atoms with E-state index in [4.69, 9.17) is 9.47 Å². The van der Waals surface area contributed by atoms with E-state index in [9.17, 15) is 4.79 Å². The minimum Gasteiger partial charge on any atom is -0.347 e. The highest BCUT2D eigenvalue weighted by Gasteiger charge is 2.40. The van der Waals surface area contributed by atoms with Crippen LogP contribution in [-0.2, 0) is 27.1 Å². The van der Waals surface area contributed by atoms with E-state index < -0.39 is 5.79 Å². The molecule has 0 saturated carbocycles. The SMILES string of the molecule is Cc1nc(Cc2ccccc2)sc1CC(=O)N1CCC2(CC1)OCCO2. The lowest BCUT2D eigenvalue weighted by Gasteiger charge is -2.37. The minimum absolute atomic E-state index is 0.177. The van der Waals surface area contributed by atoms with Crippen LogP contribution in [0.3, 0.4) is 0 Å². The van der Waals surface area contributed by atoms with Gasteiger partial charge in [0.05, 0.1) is 30.3 Å². The summed E-state index contributed by atoms with van der Waals surface area (Å²) in [5.74, 6) is -0.254. The first-order valence-corrected chi connectivity index (χ1v) is 10.00. The summed E-state index contributed by atoms with van der Waals surface area (Å²) < 4.78 is 11.5. The van der Waals surface area contributed by atoms with Gasteiger partial charge in [0.15, 0.2) is 5.79 Å². The number of carbonyl (C=O) groups excluding carboxylic acids is 1. The summed E-state index contributed by atoms with van der Waals surface area (Å²) >= 11 is 1.66. The second kappa shape index (κ2) is 7.47. The van der Waals surface area contributed by atoms with E-state index in [0.29, 0.717) is 32.7 Å². The van der Waals surface area contributed by atoms with Gasteiger partial charge in [-0.25, -0.2) is 4.98 Å². The number of thiazole rings is 1. The number of aryl methyl sites for hydroxylation is 1. The van der Waals surface area contributed by atoms with Gasteiger partial charge in [0.1, 0.15) is 0 Å². The fraction of sp³-hybridized carbons (Fsp3) is 0.500. The van der Waals surface area contributed by atoms with Gasteiger partial charge < -0.3 is 14.4 Å². The molecule has 1 spiro atoms. The molecular weight excluding hydrogens is 348 g/mol. The van der Waals surface area contributed by atoms with E-state index in [1.165, 1.54) is 5.56 Å². The van der Waals surface area contributed by atoms with Crippen molar-refractivity contribution in [2.24, 2.45) is 0 Å². The summed E-state index contributed by atoms with van der Waals surface area (Å²) in [7, 11) is 0. The molecule has 1 aromatic heterocycles. The van der Waals surface area contributed by atoms with Gasteiger partial charge >= 0.3 is 0 Å². The first-order chi connectivity index (χ1) is 12.6. The highest BCUT2D eigenvalue weighted by atomic mass is 32.1. The minimum atomic E-state index is -0.431. The Morgan fingerprint density at radius 3 is 2.58 bits per heavy atom. The second-order valence-electron chi connectivity index (χ2n) is 6.94. The maximum atomic E-state index is 12.7. The predicted molar refractivity (Wildman–Crippen MR) is 100 cm³/mol. The Balaban J connectivity index is 1.36. The zero-order chi connectivity index (χ0) is 18.0. The Morgan fingerprint density at radius 1 is 1.19 bits per heavy atom. The molecule has 0 radical (unpaired) electrons. The summed E-state index contributed by atoms with van der Waals surface area (Å²) in [5, 5.41) is 1.07. The van der Waals surface area contributed by atoms with Crippen molar-refractivity contribution in [2.45, 2.75) is 38.4 Å². The normalized spacial score (nSPS) is 19.2. The summed E-state index contributed by atoms with van der Waals surface area (Å²) in [6.07, 6.45) is 2.79. The molecule has 5 nitrogen and oxygen atoms in total. The molecule has 0 bridgehead atoms. The second-order valence-corrected chi connectivity index (χ2v) is 8.11. The van der Waals surface area contributed by atoms with Crippen LogP contribution in [0.4, 0.5) is 0 Å². The summed E-state index contributed by atoms with van der Waals surface area (Å²) in [6.45, 7) is 4.73. The Kier molecular flexibility index (Phi) is 5.07. The predicted octanol–water partition coefficient (Wildman–Crippen LogP) is 2.95. The van der Waals surface area contributed by atoms with E-state index in [1.54, 1.807) is 11.3 Å². The molecule has 2 aliphatic heterocycles. The van der Waals surface area contributed by atoms with Gasteiger partial charge in [-0.1, -0.05) is 30.3 Å². The van der Waals surface area contributed by atoms with Crippen LogP contribution in [0.2, 0.25) is 0 Å². The molecule has 3 heterocycles. The third kappa shape index (κ3) is 3.82. The number of hydrogen-bond acceptors (Lipinski definition) is 5. The molecule has 1 amide bonds. The average molecular weight is 372 g/mol. The van der Waals surface area contributed by atoms with Crippen molar-refractivity contribution in [1.29, 1.82) is 0 Å². The summed E-state index contributed by atoms with van der Waals surface area (Å²) in [4.78, 5) is 20.4. The molecule has 2 aliphatic rings. The molecule has 0 unspecified atom stereocenters. The number of piperidine rings is 1. The number of aromatic nitrogens is 1. The quantitative estimate of drug-likeness (QED) is 0.828. The van der Waals surface area contributed by atoms with E-state index in [0.717, 1.165) is 34.8 Å². The summed E-state index contributed by atoms with van der Waals surface area (Å²) in [6, 6.07) is 10.3. The molecule has 4 rings (SSSR count). The lowest BCUT2D eigenvalue weighted by molar-refractivity contribution is -0.187. The third-order valence-corrected chi connectivity index (χ3v) is 6.30. The van der Waals surface area contributed by atoms with Gasteiger partial charge in [-0.15, -0.1) is 11.3 Å². The van der Waals surface area contributed by atoms with Crippen LogP contribution in [0.5, 0.6) is 0 Å². The van der Waals surface area contributed by atoms with E-state index in [2.05, 4.69) is 17.1 Å². The smallest absolute Gasteiger partial charge is 0.227 e. The van der Waals surface area contributed by atoms with Gasteiger partial charge in [0, 0.05) is 37.2 Å². The van der Waals surface area contributed by atoms with Crippen LogP contribution in [0.1, 0.15) is 34.0 Å². The number of carbonyl (C=O) groups is 1. The maximum Gasteiger partial charge on any atom is 0.227 e. The molecule has 1 aromatic carbocycles. The van der Waals surface area contributed by atoms with Gasteiger partial charge in [-0.05, 0) is 12.5 Å². The number of rotatable bonds is 4. The number of ether oxygens (including phenoxy) is 2. The number of nitrogens with zero attached hydrogens (tertiary/aromatic N) is 2. The standard InChI is InChI=1S/C20H24N2O3S/c1-15-17(26-18(21-15)13-16-5-3-2-4-6-16)14-19(23)22-9-7-20(8-10-22)24-11-12-25-20/h2-6H,7-14H2,1H3. The maximum absolute atomic E-state index is 12.7. The molecule has 26 heavy (non-hydrogen) atoms. The van der Waals surface area contributed by atoms with Crippen molar-refractivity contribution in [2.75, 3.05) is 26.3 Å². The highest BCUT2D eigenvalue weighted by molar-refractivity contribution is 7.11. The average Bonchev–Trinajstić information content (AvgIpc) is 3.23. The van der Waals surface area contributed by atoms with Crippen molar-refractivity contribution in [3.05, 3.63) is 51.5 Å². The molecule has 0 N–H and O–H groups in total. The Bertz CT molecular complexity index is 759. The largest absolute Gasteiger partial charge is 0.347 e. The molecule has 2 fully saturated rings. The number of likely N-dealkylation sites (tertiary alicyclic amines) is 1. The van der Waals surface area contributed by atoms with Crippen LogP contribution in [-0.4, -0.2) is 47.9 Å². The monoisotopic (exact) mass is 372 g/mol. The van der Waals surface area contributed by atoms with Gasteiger partial charge in [-0.3, -0.25) is 4.79 Å². The fourth-order valence-electron chi connectivity index (χ4n) is 3.63. The van der Waals surface area contributed by atoms with Crippen LogP contribution in [0.25, 0.3) is 0 Å². The Morgan fingerprint density at radius 2 is 1.88 bits per heavy atom. The lowest BCUT2D eigenvalue weighted by Crippen LogP contribution is -2.47. The molecule has 6 heteroatoms. The summed E-state index contributed by atoms with van der Waals surface area (Å²) in [5.41, 5.74) is 2.22. The van der Waals surface area contributed by atoms with Crippen LogP contribution in [0, 0.1) is 6.92 Å². The van der Waals surface area contributed by atoms with Crippen LogP contribution in [0.15, 0.2) is 30.3 Å². The Hall–Kier alpha value is -1.76. The van der Waals surface area contributed by atoms with Crippen molar-refractivity contribution < 1.29 is 14.3 Å². The van der Waals surface area contributed by atoms with E-state index >= 15 is 0 Å². The first kappa shape index (κ1) is 17.6. The molecule has 2 aromatic rings. The number of benzene rings is 1. The lowest BCUT2D eigenvalue weighted by atomic mass is 10.0. The van der Waals surface area contributed by atoms with Crippen molar-refractivity contribution in [1.82, 2.24) is 9.88 Å². The zero-order valence-electron chi connectivity index (χ0n) is 15.1. The van der Waals surface area contributed by atoms with Crippen molar-refractivity contribution >= 4 is 17.2 Å². The number of hydrogen-bond donors (Lipinski definition) is 0. The van der Waals surface area contributed by atoms with Crippen LogP contribution < -0.4 is 0 Å². The fourth-order valence-corrected chi connectivity index (χ4v) is 4.72. The van der Waals surface area contributed by atoms with Gasteiger partial charge in [0.25, 0.3) is 0 Å². The highest BCUT2D eigenvalue weighted by Crippen LogP contribution is 2.31. The van der Waals surface area contributed by atoms with Crippen molar-refractivity contribution in [3.8, 4) is 0 Å². The molecule has 2 saturated heterocycles. The van der Waals surface area contributed by atoms with Crippen LogP contribution >= 0.6 is 11.3 Å². The molecule has 0 atom stereocenters. The zero-order valence-corrected chi connectivity index (χ0v) is 15.9. The molecular formula is C20H24N2O3S. The topological polar surface area (TPSA) is 51.7 Å². The number of amides is 1. The first-order valence-electron chi connectivity index (χ1n) is 9.18. The molecule has 0 aliphatic carbocycles. The van der Waals surface area contributed by atoms with Crippen molar-refractivity contribution in [3.63, 3.8) is 0 Å². The van der Waals surface area contributed by atoms with E-state index in [-0.39, 0.29) is 5.91 Å². The molecule has 138 valence electrons. The Labute approximate surface area is 157 Å². The van der Waals surface area contributed by atoms with Gasteiger partial charge in [-0.2, -0.15) is 0 Å². The van der Waals surface area contributed by atoms with Gasteiger partial charge in [0.2, 0.25) is 5.91 Å². The third-order valence-electron chi connectivity index (χ3n) is 5.14.